The lowest BCUT2D eigenvalue weighted by Crippen LogP contribution is -2.03. The van der Waals surface area contributed by atoms with E-state index in [9.17, 15) is 4.57 Å². The van der Waals surface area contributed by atoms with Crippen LogP contribution < -0.4 is 9.47 Å². The van der Waals surface area contributed by atoms with Gasteiger partial charge in [0.25, 0.3) is 0 Å². The van der Waals surface area contributed by atoms with Crippen molar-refractivity contribution in [1.82, 2.24) is 0 Å². The zero-order valence-electron chi connectivity index (χ0n) is 17.7. The molecule has 154 valence electrons. The number of ether oxygens (including phenoxy) is 2. The van der Waals surface area contributed by atoms with Crippen LogP contribution in [0.25, 0.3) is 0 Å². The zero-order chi connectivity index (χ0) is 20.2. The first-order valence-corrected chi connectivity index (χ1v) is 12.7. The number of benzene rings is 2. The monoisotopic (exact) mass is 402 g/mol. The van der Waals surface area contributed by atoms with Gasteiger partial charge in [0.15, 0.2) is 0 Å². The Morgan fingerprint density at radius 1 is 0.750 bits per heavy atom. The van der Waals surface area contributed by atoms with E-state index in [1.165, 1.54) is 25.7 Å². The van der Waals surface area contributed by atoms with Crippen LogP contribution in [0.1, 0.15) is 56.6 Å². The molecule has 1 unspecified atom stereocenters. The molecule has 0 bridgehead atoms. The summed E-state index contributed by atoms with van der Waals surface area (Å²) in [6.07, 6.45) is 9.15. The molecule has 0 amide bonds. The van der Waals surface area contributed by atoms with E-state index in [1.54, 1.807) is 14.2 Å². The summed E-state index contributed by atoms with van der Waals surface area (Å²) < 4.78 is 25.2. The minimum atomic E-state index is -2.46. The number of hydrogen-bond acceptors (Lipinski definition) is 3. The highest BCUT2D eigenvalue weighted by Gasteiger charge is 2.26. The third-order valence-electron chi connectivity index (χ3n) is 5.21. The molecule has 0 N–H and O–H groups in total. The molecule has 0 radical (unpaired) electrons. The second-order valence-corrected chi connectivity index (χ2v) is 10.7. The summed E-state index contributed by atoms with van der Waals surface area (Å²) in [6, 6.07) is 16.0. The first-order valence-electron chi connectivity index (χ1n) is 10.4. The van der Waals surface area contributed by atoms with E-state index in [0.717, 1.165) is 41.6 Å². The highest BCUT2D eigenvalue weighted by atomic mass is 31.2. The highest BCUT2D eigenvalue weighted by Crippen LogP contribution is 2.55. The van der Waals surface area contributed by atoms with E-state index in [-0.39, 0.29) is 0 Å². The van der Waals surface area contributed by atoms with E-state index in [2.05, 4.69) is 19.1 Å². The maximum atomic E-state index is 14.1. The van der Waals surface area contributed by atoms with Gasteiger partial charge in [-0.2, -0.15) is 0 Å². The molecule has 0 heterocycles. The van der Waals surface area contributed by atoms with Crippen LogP contribution >= 0.6 is 7.14 Å². The summed E-state index contributed by atoms with van der Waals surface area (Å²) in [7, 11) is 0.863. The van der Waals surface area contributed by atoms with Gasteiger partial charge in [0.05, 0.1) is 21.4 Å². The van der Waals surface area contributed by atoms with Gasteiger partial charge in [-0.05, 0) is 24.1 Å². The molecule has 1 atom stereocenters. The summed E-state index contributed by atoms with van der Waals surface area (Å²) >= 11 is 0. The van der Waals surface area contributed by atoms with Gasteiger partial charge in [-0.25, -0.2) is 0 Å². The minimum absolute atomic E-state index is 0.518. The molecular formula is C24H35O3P. The fourth-order valence-electron chi connectivity index (χ4n) is 3.68. The summed E-state index contributed by atoms with van der Waals surface area (Å²) in [5.74, 6) is 1.52. The van der Waals surface area contributed by atoms with Crippen molar-refractivity contribution in [2.45, 2.75) is 57.8 Å². The molecule has 0 saturated carbocycles. The zero-order valence-corrected chi connectivity index (χ0v) is 18.5. The van der Waals surface area contributed by atoms with Crippen molar-refractivity contribution < 1.29 is 14.0 Å². The molecular weight excluding hydrogens is 367 g/mol. The normalized spacial score (nSPS) is 13.1. The molecule has 0 aromatic heterocycles. The fraction of sp³-hybridized carbons (Fsp3) is 0.500. The van der Waals surface area contributed by atoms with Crippen molar-refractivity contribution >= 4 is 7.14 Å². The van der Waals surface area contributed by atoms with Crippen LogP contribution in [-0.4, -0.2) is 20.4 Å². The van der Waals surface area contributed by atoms with Gasteiger partial charge in [0.2, 0.25) is 0 Å². The Hall–Kier alpha value is -1.73. The predicted molar refractivity (Wildman–Crippen MR) is 119 cm³/mol. The number of methoxy groups -OCH3 is 2. The third-order valence-corrected chi connectivity index (χ3v) is 8.17. The predicted octanol–water partition coefficient (Wildman–Crippen LogP) is 7.13. The van der Waals surface area contributed by atoms with Crippen molar-refractivity contribution in [2.75, 3.05) is 20.4 Å². The van der Waals surface area contributed by atoms with E-state index < -0.39 is 7.14 Å². The van der Waals surface area contributed by atoms with Crippen LogP contribution in [0, 0.1) is 0 Å². The second-order valence-electron chi connectivity index (χ2n) is 7.49. The molecule has 2 aromatic rings. The molecule has 0 spiro atoms. The molecule has 0 saturated heterocycles. The number of rotatable bonds is 13. The van der Waals surface area contributed by atoms with Crippen LogP contribution in [0.2, 0.25) is 0 Å². The number of unbranched alkanes of at least 4 members (excludes halogenated alkanes) is 5. The van der Waals surface area contributed by atoms with Gasteiger partial charge < -0.3 is 14.0 Å². The lowest BCUT2D eigenvalue weighted by molar-refractivity contribution is 0.387. The van der Waals surface area contributed by atoms with Gasteiger partial charge in [0.1, 0.15) is 11.5 Å². The fourth-order valence-corrected chi connectivity index (χ4v) is 6.67. The van der Waals surface area contributed by atoms with E-state index in [0.29, 0.717) is 12.3 Å². The van der Waals surface area contributed by atoms with Crippen LogP contribution in [0.3, 0.4) is 0 Å². The molecule has 3 nitrogen and oxygen atoms in total. The minimum Gasteiger partial charge on any atom is -0.496 e. The van der Waals surface area contributed by atoms with Crippen LogP contribution in [0.4, 0.5) is 0 Å². The topological polar surface area (TPSA) is 35.5 Å². The van der Waals surface area contributed by atoms with Crippen molar-refractivity contribution in [3.05, 3.63) is 59.7 Å². The summed E-state index contributed by atoms with van der Waals surface area (Å²) in [5.41, 5.74) is 2.07. The summed E-state index contributed by atoms with van der Waals surface area (Å²) in [6.45, 7) is 2.23. The van der Waals surface area contributed by atoms with Gasteiger partial charge >= 0.3 is 0 Å². The van der Waals surface area contributed by atoms with Crippen LogP contribution in [0.15, 0.2) is 48.5 Å². The van der Waals surface area contributed by atoms with Crippen molar-refractivity contribution in [2.24, 2.45) is 0 Å². The Labute approximate surface area is 170 Å². The molecule has 28 heavy (non-hydrogen) atoms. The molecule has 2 aromatic carbocycles. The van der Waals surface area contributed by atoms with Crippen LogP contribution in [0.5, 0.6) is 11.5 Å². The van der Waals surface area contributed by atoms with Gasteiger partial charge in [0, 0.05) is 24.0 Å². The molecule has 2 rings (SSSR count). The van der Waals surface area contributed by atoms with E-state index in [4.69, 9.17) is 9.47 Å². The molecule has 4 heteroatoms. The molecule has 0 fully saturated rings. The summed E-state index contributed by atoms with van der Waals surface area (Å²) in [5, 5.41) is 0. The largest absolute Gasteiger partial charge is 0.496 e. The lowest BCUT2D eigenvalue weighted by atomic mass is 10.1. The lowest BCUT2D eigenvalue weighted by Gasteiger charge is -2.21. The Kier molecular flexibility index (Phi) is 9.64. The first kappa shape index (κ1) is 22.6. The SMILES string of the molecule is CCCCCCCCP(=O)(Cc1ccccc1)Cc1c(OC)cccc1OC. The quantitative estimate of drug-likeness (QED) is 0.264. The molecule has 0 aliphatic heterocycles. The molecule has 0 aliphatic carbocycles. The van der Waals surface area contributed by atoms with Gasteiger partial charge in [-0.15, -0.1) is 0 Å². The van der Waals surface area contributed by atoms with Crippen molar-refractivity contribution in [3.8, 4) is 11.5 Å². The van der Waals surface area contributed by atoms with E-state index in [1.807, 2.05) is 36.4 Å². The Morgan fingerprint density at radius 2 is 1.36 bits per heavy atom. The standard InChI is InChI=1S/C24H35O3P/c1-4-5-6-7-8-12-18-28(25,19-21-14-10-9-11-15-21)20-22-23(26-2)16-13-17-24(22)27-3/h9-11,13-17H,4-8,12,18-20H2,1-3H3. The summed E-state index contributed by atoms with van der Waals surface area (Å²) in [4.78, 5) is 0. The first-order chi connectivity index (χ1) is 13.6. The smallest absolute Gasteiger partial charge is 0.126 e. The number of hydrogen-bond donors (Lipinski definition) is 0. The average molecular weight is 403 g/mol. The van der Waals surface area contributed by atoms with Gasteiger partial charge in [-0.3, -0.25) is 0 Å². The van der Waals surface area contributed by atoms with E-state index >= 15 is 0 Å². The Bertz CT molecular complexity index is 721. The average Bonchev–Trinajstić information content (AvgIpc) is 2.71. The Balaban J connectivity index is 2.17. The second kappa shape index (κ2) is 12.0. The maximum absolute atomic E-state index is 14.1. The Morgan fingerprint density at radius 3 is 1.96 bits per heavy atom. The van der Waals surface area contributed by atoms with Gasteiger partial charge in [-0.1, -0.05) is 75.4 Å². The van der Waals surface area contributed by atoms with Crippen molar-refractivity contribution in [1.29, 1.82) is 0 Å². The third kappa shape index (κ3) is 7.02. The highest BCUT2D eigenvalue weighted by molar-refractivity contribution is 7.62. The van der Waals surface area contributed by atoms with Crippen LogP contribution in [-0.2, 0) is 16.9 Å². The molecule has 0 aliphatic rings. The van der Waals surface area contributed by atoms with Crippen molar-refractivity contribution in [3.63, 3.8) is 0 Å². The maximum Gasteiger partial charge on any atom is 0.126 e.